The van der Waals surface area contributed by atoms with E-state index in [0.717, 1.165) is 57.2 Å². The molecule has 1 fully saturated rings. The number of aromatic nitrogens is 2. The molecular formula is C13H23N5. The molecule has 0 unspecified atom stereocenters. The molecule has 0 radical (unpaired) electrons. The third-order valence-electron chi connectivity index (χ3n) is 3.42. The fraction of sp³-hybridized carbons (Fsp3) is 0.692. The van der Waals surface area contributed by atoms with Crippen LogP contribution in [0.3, 0.4) is 0 Å². The molecule has 0 saturated carbocycles. The third kappa shape index (κ3) is 3.65. The van der Waals surface area contributed by atoms with E-state index >= 15 is 0 Å². The van der Waals surface area contributed by atoms with Gasteiger partial charge >= 0.3 is 0 Å². The zero-order valence-corrected chi connectivity index (χ0v) is 11.4. The first-order valence-corrected chi connectivity index (χ1v) is 6.76. The Morgan fingerprint density at radius 3 is 2.67 bits per heavy atom. The molecule has 0 aliphatic carbocycles. The lowest BCUT2D eigenvalue weighted by Gasteiger charge is -2.29. The van der Waals surface area contributed by atoms with Gasteiger partial charge < -0.3 is 10.2 Å². The first-order valence-electron chi connectivity index (χ1n) is 6.76. The minimum Gasteiger partial charge on any atom is -0.357 e. The Labute approximate surface area is 109 Å². The summed E-state index contributed by atoms with van der Waals surface area (Å²) >= 11 is 0. The summed E-state index contributed by atoms with van der Waals surface area (Å²) in [4.78, 5) is 4.66. The molecule has 0 aromatic carbocycles. The SMILES string of the molecule is CCc1ccc(N(C)CCN2CCNCC2)nn1. The van der Waals surface area contributed by atoms with Crippen LogP contribution < -0.4 is 10.2 Å². The predicted molar refractivity (Wildman–Crippen MR) is 74.0 cm³/mol. The largest absolute Gasteiger partial charge is 0.357 e. The quantitative estimate of drug-likeness (QED) is 0.817. The lowest BCUT2D eigenvalue weighted by atomic mass is 10.3. The van der Waals surface area contributed by atoms with Gasteiger partial charge in [-0.25, -0.2) is 0 Å². The highest BCUT2D eigenvalue weighted by Gasteiger charge is 2.10. The summed E-state index contributed by atoms with van der Waals surface area (Å²) in [5.74, 6) is 0.960. The highest BCUT2D eigenvalue weighted by Crippen LogP contribution is 2.07. The van der Waals surface area contributed by atoms with Crippen molar-refractivity contribution in [2.45, 2.75) is 13.3 Å². The summed E-state index contributed by atoms with van der Waals surface area (Å²) in [6.07, 6.45) is 0.942. The predicted octanol–water partition coefficient (Wildman–Crippen LogP) is 0.380. The Kier molecular flexibility index (Phi) is 4.90. The Bertz CT molecular complexity index is 345. The van der Waals surface area contributed by atoms with Crippen LogP contribution in [0.1, 0.15) is 12.6 Å². The Morgan fingerprint density at radius 1 is 1.28 bits per heavy atom. The van der Waals surface area contributed by atoms with Gasteiger partial charge in [0.1, 0.15) is 0 Å². The smallest absolute Gasteiger partial charge is 0.151 e. The van der Waals surface area contributed by atoms with Gasteiger partial charge in [-0.05, 0) is 18.6 Å². The number of hydrogen-bond donors (Lipinski definition) is 1. The average molecular weight is 249 g/mol. The fourth-order valence-corrected chi connectivity index (χ4v) is 2.09. The van der Waals surface area contributed by atoms with Gasteiger partial charge in [0.25, 0.3) is 0 Å². The summed E-state index contributed by atoms with van der Waals surface area (Å²) in [7, 11) is 2.08. The van der Waals surface area contributed by atoms with Crippen LogP contribution in [0.2, 0.25) is 0 Å². The van der Waals surface area contributed by atoms with Gasteiger partial charge in [-0.3, -0.25) is 4.90 Å². The maximum absolute atomic E-state index is 4.26. The minimum atomic E-state index is 0.942. The van der Waals surface area contributed by atoms with Crippen molar-refractivity contribution in [1.82, 2.24) is 20.4 Å². The standard InChI is InChI=1S/C13H23N5/c1-3-12-4-5-13(16-15-12)17(2)10-11-18-8-6-14-7-9-18/h4-5,14H,3,6-11H2,1-2H3. The van der Waals surface area contributed by atoms with E-state index < -0.39 is 0 Å². The van der Waals surface area contributed by atoms with Crippen molar-refractivity contribution in [3.05, 3.63) is 17.8 Å². The molecule has 1 aliphatic rings. The maximum atomic E-state index is 4.26. The van der Waals surface area contributed by atoms with Gasteiger partial charge in [-0.1, -0.05) is 6.92 Å². The molecule has 2 rings (SSSR count). The van der Waals surface area contributed by atoms with Gasteiger partial charge in [0.2, 0.25) is 0 Å². The number of nitrogens with one attached hydrogen (secondary N) is 1. The first kappa shape index (κ1) is 13.2. The number of hydrogen-bond acceptors (Lipinski definition) is 5. The molecule has 0 atom stereocenters. The first-order chi connectivity index (χ1) is 8.79. The van der Waals surface area contributed by atoms with Crippen molar-refractivity contribution in [2.24, 2.45) is 0 Å². The Balaban J connectivity index is 1.80. The molecule has 1 N–H and O–H groups in total. The second kappa shape index (κ2) is 6.66. The van der Waals surface area contributed by atoms with E-state index in [4.69, 9.17) is 0 Å². The van der Waals surface area contributed by atoms with Gasteiger partial charge in [0.05, 0.1) is 5.69 Å². The second-order valence-corrected chi connectivity index (χ2v) is 4.75. The number of anilines is 1. The monoisotopic (exact) mass is 249 g/mol. The minimum absolute atomic E-state index is 0.942. The van der Waals surface area contributed by atoms with Crippen molar-refractivity contribution >= 4 is 5.82 Å². The molecule has 0 amide bonds. The van der Waals surface area contributed by atoms with Crippen molar-refractivity contribution < 1.29 is 0 Å². The van der Waals surface area contributed by atoms with Crippen LogP contribution in [0, 0.1) is 0 Å². The zero-order chi connectivity index (χ0) is 12.8. The van der Waals surface area contributed by atoms with Gasteiger partial charge in [-0.2, -0.15) is 5.10 Å². The van der Waals surface area contributed by atoms with E-state index in [1.54, 1.807) is 0 Å². The number of rotatable bonds is 5. The highest BCUT2D eigenvalue weighted by molar-refractivity contribution is 5.36. The van der Waals surface area contributed by atoms with E-state index in [1.807, 2.05) is 0 Å². The van der Waals surface area contributed by atoms with Crippen molar-refractivity contribution in [3.63, 3.8) is 0 Å². The zero-order valence-electron chi connectivity index (χ0n) is 11.4. The summed E-state index contributed by atoms with van der Waals surface area (Å²) < 4.78 is 0. The van der Waals surface area contributed by atoms with Gasteiger partial charge in [0, 0.05) is 46.3 Å². The molecule has 5 heteroatoms. The molecular weight excluding hydrogens is 226 g/mol. The fourth-order valence-electron chi connectivity index (χ4n) is 2.09. The summed E-state index contributed by atoms with van der Waals surface area (Å²) in [5, 5.41) is 11.8. The molecule has 100 valence electrons. The second-order valence-electron chi connectivity index (χ2n) is 4.75. The van der Waals surface area contributed by atoms with Gasteiger partial charge in [-0.15, -0.1) is 5.10 Å². The normalized spacial score (nSPS) is 16.8. The van der Waals surface area contributed by atoms with E-state index in [2.05, 4.69) is 51.4 Å². The van der Waals surface area contributed by atoms with Crippen LogP contribution >= 0.6 is 0 Å². The van der Waals surface area contributed by atoms with Crippen LogP contribution in [0.15, 0.2) is 12.1 Å². The molecule has 1 saturated heterocycles. The molecule has 18 heavy (non-hydrogen) atoms. The molecule has 0 bridgehead atoms. The lowest BCUT2D eigenvalue weighted by molar-refractivity contribution is 0.246. The maximum Gasteiger partial charge on any atom is 0.151 e. The topological polar surface area (TPSA) is 44.3 Å². The molecule has 2 heterocycles. The van der Waals surface area contributed by atoms with E-state index in [9.17, 15) is 0 Å². The van der Waals surface area contributed by atoms with Crippen LogP contribution in [-0.4, -0.2) is 61.4 Å². The van der Waals surface area contributed by atoms with Crippen molar-refractivity contribution in [2.75, 3.05) is 51.2 Å². The van der Waals surface area contributed by atoms with Crippen molar-refractivity contribution in [3.8, 4) is 0 Å². The van der Waals surface area contributed by atoms with E-state index in [1.165, 1.54) is 0 Å². The van der Waals surface area contributed by atoms with Gasteiger partial charge in [0.15, 0.2) is 5.82 Å². The summed E-state index contributed by atoms with van der Waals surface area (Å²) in [6, 6.07) is 4.12. The lowest BCUT2D eigenvalue weighted by Crippen LogP contribution is -2.46. The molecule has 1 aromatic heterocycles. The number of likely N-dealkylation sites (N-methyl/N-ethyl adjacent to an activating group) is 1. The number of piperazine rings is 1. The van der Waals surface area contributed by atoms with Crippen molar-refractivity contribution in [1.29, 1.82) is 0 Å². The third-order valence-corrected chi connectivity index (χ3v) is 3.42. The molecule has 1 aliphatic heterocycles. The van der Waals surface area contributed by atoms with Crippen LogP contribution in [-0.2, 0) is 6.42 Å². The number of nitrogens with zero attached hydrogens (tertiary/aromatic N) is 4. The summed E-state index contributed by atoms with van der Waals surface area (Å²) in [5.41, 5.74) is 1.05. The van der Waals surface area contributed by atoms with Crippen LogP contribution in [0.4, 0.5) is 5.82 Å². The summed E-state index contributed by atoms with van der Waals surface area (Å²) in [6.45, 7) is 8.69. The Hall–Kier alpha value is -1.20. The van der Waals surface area contributed by atoms with E-state index in [0.29, 0.717) is 0 Å². The average Bonchev–Trinajstić information content (AvgIpc) is 2.46. The van der Waals surface area contributed by atoms with Crippen LogP contribution in [0.5, 0.6) is 0 Å². The molecule has 5 nitrogen and oxygen atoms in total. The van der Waals surface area contributed by atoms with Crippen LogP contribution in [0.25, 0.3) is 0 Å². The number of aryl methyl sites for hydroxylation is 1. The highest BCUT2D eigenvalue weighted by atomic mass is 15.3. The molecule has 0 spiro atoms. The van der Waals surface area contributed by atoms with E-state index in [-0.39, 0.29) is 0 Å². The molecule has 1 aromatic rings. The Morgan fingerprint density at radius 2 is 2.06 bits per heavy atom.